The zero-order valence-corrected chi connectivity index (χ0v) is 4.46. The Labute approximate surface area is 145 Å². The summed E-state index contributed by atoms with van der Waals surface area (Å²) in [4.78, 5) is 9.54. The van der Waals surface area contributed by atoms with E-state index >= 15 is 0 Å². The van der Waals surface area contributed by atoms with E-state index in [1.54, 1.807) is 0 Å². The number of carboxylic acids is 1. The van der Waals surface area contributed by atoms with Crippen molar-refractivity contribution in [2.24, 2.45) is 0 Å². The van der Waals surface area contributed by atoms with E-state index in [0.29, 0.717) is 0 Å². The zero-order chi connectivity index (χ0) is 6.73. The maximum absolute atomic E-state index is 9.62. The Bertz CT molecular complexity index is 113. The van der Waals surface area contributed by atoms with Crippen LogP contribution >= 0.6 is 0 Å². The first-order valence-electron chi connectivity index (χ1n) is 1.56. The van der Waals surface area contributed by atoms with Crippen LogP contribution in [0.5, 0.6) is 0 Å². The minimum absolute atomic E-state index is 0. The number of aliphatic carboxylic acids is 1. The normalized spacial score (nSPS) is 13.8. The third-order valence-electron chi connectivity index (χ3n) is 0.402. The van der Waals surface area contributed by atoms with Crippen LogP contribution in [0.15, 0.2) is 0 Å². The maximum atomic E-state index is 9.62. The SMILES string of the molecule is O=C(O)C(O)S(=O)O.[KH].[KH]. The van der Waals surface area contributed by atoms with Crippen LogP contribution in [-0.2, 0) is 15.9 Å². The Morgan fingerprint density at radius 2 is 1.70 bits per heavy atom. The molecule has 0 rings (SSSR count). The fraction of sp³-hybridized carbons (Fsp3) is 0.500. The summed E-state index contributed by atoms with van der Waals surface area (Å²) >= 11 is -2.68. The predicted molar refractivity (Wildman–Crippen MR) is 38.7 cm³/mol. The molecule has 0 amide bonds. The van der Waals surface area contributed by atoms with Crippen LogP contribution in [0.3, 0.4) is 0 Å². The van der Waals surface area contributed by atoms with Gasteiger partial charge in [0.05, 0.1) is 0 Å². The van der Waals surface area contributed by atoms with Crippen LogP contribution in [-0.4, -0.2) is 133 Å². The number of rotatable bonds is 2. The molecule has 3 N–H and O–H groups in total. The fourth-order valence-corrected chi connectivity index (χ4v) is 0.259. The van der Waals surface area contributed by atoms with Crippen molar-refractivity contribution >= 4 is 120 Å². The van der Waals surface area contributed by atoms with Gasteiger partial charge in [0, 0.05) is 0 Å². The van der Waals surface area contributed by atoms with Gasteiger partial charge in [0.15, 0.2) is 11.1 Å². The van der Waals surface area contributed by atoms with Crippen LogP contribution in [0.4, 0.5) is 0 Å². The number of carbonyl (C=O) groups is 1. The van der Waals surface area contributed by atoms with E-state index in [-0.39, 0.29) is 103 Å². The molecule has 0 saturated carbocycles. The van der Waals surface area contributed by atoms with Gasteiger partial charge in [-0.05, 0) is 0 Å². The Balaban J connectivity index is -0.000000245. The van der Waals surface area contributed by atoms with Gasteiger partial charge in [0.2, 0.25) is 0 Å². The average molecular weight is 220 g/mol. The van der Waals surface area contributed by atoms with Crippen molar-refractivity contribution in [1.29, 1.82) is 0 Å². The van der Waals surface area contributed by atoms with Gasteiger partial charge in [-0.1, -0.05) is 0 Å². The van der Waals surface area contributed by atoms with E-state index in [1.807, 2.05) is 0 Å². The molecule has 0 aliphatic rings. The van der Waals surface area contributed by atoms with Gasteiger partial charge < -0.3 is 14.8 Å². The van der Waals surface area contributed by atoms with Crippen molar-refractivity contribution in [3.8, 4) is 0 Å². The molecular weight excluding hydrogens is 214 g/mol. The van der Waals surface area contributed by atoms with Crippen molar-refractivity contribution in [2.75, 3.05) is 0 Å². The summed E-state index contributed by atoms with van der Waals surface area (Å²) in [7, 11) is 0. The Kier molecular flexibility index (Phi) is 18.4. The summed E-state index contributed by atoms with van der Waals surface area (Å²) in [5, 5.41) is 15.8. The van der Waals surface area contributed by atoms with Gasteiger partial charge in [-0.15, -0.1) is 0 Å². The van der Waals surface area contributed by atoms with E-state index in [9.17, 15) is 9.00 Å². The molecule has 0 aliphatic carbocycles. The molecule has 0 bridgehead atoms. The minimum atomic E-state index is -2.68. The predicted octanol–water partition coefficient (Wildman–Crippen LogP) is -2.69. The number of aliphatic hydroxyl groups is 1. The Morgan fingerprint density at radius 1 is 1.40 bits per heavy atom. The number of hydrogen-bond donors (Lipinski definition) is 3. The molecule has 10 heavy (non-hydrogen) atoms. The summed E-state index contributed by atoms with van der Waals surface area (Å²) in [6.45, 7) is 0. The average Bonchev–Trinajstić information content (AvgIpc) is 1.64. The molecule has 0 saturated heterocycles. The van der Waals surface area contributed by atoms with Crippen molar-refractivity contribution in [3.63, 3.8) is 0 Å². The van der Waals surface area contributed by atoms with Crippen molar-refractivity contribution in [3.05, 3.63) is 0 Å². The molecule has 0 aromatic carbocycles. The quantitative estimate of drug-likeness (QED) is 0.348. The van der Waals surface area contributed by atoms with E-state index in [1.165, 1.54) is 0 Å². The van der Waals surface area contributed by atoms with Gasteiger partial charge in [-0.2, -0.15) is 0 Å². The van der Waals surface area contributed by atoms with Crippen LogP contribution in [0.25, 0.3) is 0 Å². The summed E-state index contributed by atoms with van der Waals surface area (Å²) in [6.07, 6.45) is 0. The van der Waals surface area contributed by atoms with Crippen molar-refractivity contribution < 1.29 is 23.8 Å². The van der Waals surface area contributed by atoms with Crippen molar-refractivity contribution in [2.45, 2.75) is 5.44 Å². The molecule has 0 heterocycles. The second-order valence-corrected chi connectivity index (χ2v) is 1.97. The molecule has 0 radical (unpaired) electrons. The number of aliphatic hydroxyl groups excluding tert-OH is 1. The molecule has 5 nitrogen and oxygen atoms in total. The molecule has 0 aromatic rings. The topological polar surface area (TPSA) is 94.8 Å². The molecule has 2 atom stereocenters. The van der Waals surface area contributed by atoms with Crippen LogP contribution in [0.1, 0.15) is 0 Å². The van der Waals surface area contributed by atoms with Crippen LogP contribution in [0, 0.1) is 0 Å². The standard InChI is InChI=1S/C2H4O5S.2K.2H/c3-1(4)2(5)8(6)7;;;;/h2,5H,(H,3,4)(H,6,7);;;;. The first-order valence-corrected chi connectivity index (χ1v) is 2.73. The van der Waals surface area contributed by atoms with Gasteiger partial charge in [-0.3, -0.25) is 0 Å². The van der Waals surface area contributed by atoms with Gasteiger partial charge in [0.1, 0.15) is 0 Å². The van der Waals surface area contributed by atoms with Gasteiger partial charge >= 0.3 is 109 Å². The Hall–Kier alpha value is 2.81. The summed E-state index contributed by atoms with van der Waals surface area (Å²) < 4.78 is 17.5. The zero-order valence-electron chi connectivity index (χ0n) is 3.64. The van der Waals surface area contributed by atoms with E-state index in [4.69, 9.17) is 14.8 Å². The monoisotopic (exact) mass is 220 g/mol. The van der Waals surface area contributed by atoms with Crippen LogP contribution < -0.4 is 0 Å². The first kappa shape index (κ1) is 18.6. The van der Waals surface area contributed by atoms with Gasteiger partial charge in [-0.25, -0.2) is 9.00 Å². The van der Waals surface area contributed by atoms with Gasteiger partial charge in [0.25, 0.3) is 5.44 Å². The fourth-order valence-electron chi connectivity index (χ4n) is 0.0862. The van der Waals surface area contributed by atoms with Crippen molar-refractivity contribution in [1.82, 2.24) is 0 Å². The number of hydrogen-bond acceptors (Lipinski definition) is 3. The molecule has 8 heteroatoms. The molecular formula is C2H6K2O5S. The third-order valence-corrected chi connectivity index (χ3v) is 0.986. The van der Waals surface area contributed by atoms with Crippen LogP contribution in [0.2, 0.25) is 0 Å². The van der Waals surface area contributed by atoms with E-state index in [2.05, 4.69) is 0 Å². The molecule has 0 fully saturated rings. The second kappa shape index (κ2) is 9.90. The molecule has 52 valence electrons. The first-order chi connectivity index (χ1) is 3.55. The summed E-state index contributed by atoms with van der Waals surface area (Å²) in [6, 6.07) is 0. The summed E-state index contributed by atoms with van der Waals surface area (Å²) in [5.74, 6) is -1.70. The van der Waals surface area contributed by atoms with E-state index < -0.39 is 22.5 Å². The molecule has 0 aliphatic heterocycles. The Morgan fingerprint density at radius 3 is 1.70 bits per heavy atom. The second-order valence-electron chi connectivity index (χ2n) is 0.967. The molecule has 0 aromatic heterocycles. The third kappa shape index (κ3) is 8.91. The van der Waals surface area contributed by atoms with E-state index in [0.717, 1.165) is 0 Å². The molecule has 2 unspecified atom stereocenters. The summed E-state index contributed by atoms with van der Waals surface area (Å²) in [5.41, 5.74) is -2.19. The molecule has 0 spiro atoms. The number of carboxylic acid groups (broad SMARTS) is 1.